The van der Waals surface area contributed by atoms with Gasteiger partial charge in [-0.05, 0) is 31.0 Å². The number of nitrogens with zero attached hydrogens (tertiary/aromatic N) is 3. The molecule has 0 amide bonds. The molecule has 1 atom stereocenters. The number of aryl methyl sites for hydroxylation is 1. The summed E-state index contributed by atoms with van der Waals surface area (Å²) < 4.78 is 7.52. The molecule has 1 aromatic heterocycles. The van der Waals surface area contributed by atoms with Gasteiger partial charge < -0.3 is 9.84 Å². The Morgan fingerprint density at radius 1 is 1.32 bits per heavy atom. The summed E-state index contributed by atoms with van der Waals surface area (Å²) in [7, 11) is 0. The third-order valence-corrected chi connectivity index (χ3v) is 2.86. The lowest BCUT2D eigenvalue weighted by Crippen LogP contribution is -2.08. The largest absolute Gasteiger partial charge is 0.486 e. The lowest BCUT2D eigenvalue weighted by Gasteiger charge is -2.09. The number of benzene rings is 1. The monoisotopic (exact) mass is 261 g/mol. The summed E-state index contributed by atoms with van der Waals surface area (Å²) in [5.74, 6) is 1.58. The van der Waals surface area contributed by atoms with Crippen molar-refractivity contribution in [2.75, 3.05) is 0 Å². The molecule has 1 heterocycles. The van der Waals surface area contributed by atoms with Crippen molar-refractivity contribution in [1.29, 1.82) is 0 Å². The molecule has 2 rings (SSSR count). The molecule has 1 aromatic carbocycles. The quantitative estimate of drug-likeness (QED) is 0.867. The molecule has 0 fully saturated rings. The zero-order valence-corrected chi connectivity index (χ0v) is 11.3. The number of ether oxygens (including phenoxy) is 1. The van der Waals surface area contributed by atoms with E-state index in [1.54, 1.807) is 13.3 Å². The first-order chi connectivity index (χ1) is 9.20. The summed E-state index contributed by atoms with van der Waals surface area (Å²) in [5, 5.41) is 13.6. The lowest BCUT2D eigenvalue weighted by atomic mass is 10.1. The fraction of sp³-hybridized carbons (Fsp3) is 0.429. The molecule has 102 valence electrons. The second kappa shape index (κ2) is 6.33. The molecule has 0 aliphatic carbocycles. The van der Waals surface area contributed by atoms with Crippen LogP contribution in [0.1, 0.15) is 37.8 Å². The molecule has 19 heavy (non-hydrogen) atoms. The molecule has 1 N–H and O–H groups in total. The third kappa shape index (κ3) is 3.54. The maximum absolute atomic E-state index is 9.43. The number of aliphatic hydroxyl groups is 1. The molecule has 5 heteroatoms. The van der Waals surface area contributed by atoms with Gasteiger partial charge in [-0.25, -0.2) is 9.67 Å². The van der Waals surface area contributed by atoms with Crippen LogP contribution in [0.3, 0.4) is 0 Å². The highest BCUT2D eigenvalue weighted by atomic mass is 16.5. The van der Waals surface area contributed by atoms with Gasteiger partial charge in [0.2, 0.25) is 0 Å². The van der Waals surface area contributed by atoms with E-state index in [4.69, 9.17) is 4.74 Å². The summed E-state index contributed by atoms with van der Waals surface area (Å²) >= 11 is 0. The van der Waals surface area contributed by atoms with Gasteiger partial charge in [0.15, 0.2) is 5.82 Å². The van der Waals surface area contributed by atoms with Crippen molar-refractivity contribution in [3.63, 3.8) is 0 Å². The molecule has 0 unspecified atom stereocenters. The normalized spacial score (nSPS) is 12.4. The highest BCUT2D eigenvalue weighted by Crippen LogP contribution is 2.18. The van der Waals surface area contributed by atoms with Crippen LogP contribution in [0, 0.1) is 0 Å². The summed E-state index contributed by atoms with van der Waals surface area (Å²) in [6.45, 7) is 5.08. The summed E-state index contributed by atoms with van der Waals surface area (Å²) in [4.78, 5) is 4.18. The van der Waals surface area contributed by atoms with Gasteiger partial charge >= 0.3 is 0 Å². The van der Waals surface area contributed by atoms with Crippen molar-refractivity contribution >= 4 is 0 Å². The van der Waals surface area contributed by atoms with E-state index in [-0.39, 0.29) is 0 Å². The van der Waals surface area contributed by atoms with E-state index in [9.17, 15) is 5.11 Å². The van der Waals surface area contributed by atoms with Crippen molar-refractivity contribution in [2.24, 2.45) is 0 Å². The summed E-state index contributed by atoms with van der Waals surface area (Å²) in [6, 6.07) is 7.42. The number of aromatic nitrogens is 3. The second-order valence-corrected chi connectivity index (χ2v) is 4.43. The number of hydrogen-bond acceptors (Lipinski definition) is 4. The first kappa shape index (κ1) is 13.5. The van der Waals surface area contributed by atoms with E-state index in [1.165, 1.54) is 0 Å². The van der Waals surface area contributed by atoms with Crippen molar-refractivity contribution in [3.05, 3.63) is 42.0 Å². The van der Waals surface area contributed by atoms with Gasteiger partial charge in [0, 0.05) is 6.54 Å². The molecule has 0 aliphatic rings. The average Bonchev–Trinajstić information content (AvgIpc) is 2.85. The molecule has 0 saturated carbocycles. The van der Waals surface area contributed by atoms with Gasteiger partial charge in [0.1, 0.15) is 18.7 Å². The maximum atomic E-state index is 9.43. The predicted octanol–water partition coefficient (Wildman–Crippen LogP) is 2.32. The van der Waals surface area contributed by atoms with Crippen LogP contribution in [-0.2, 0) is 13.2 Å². The van der Waals surface area contributed by atoms with Crippen molar-refractivity contribution in [1.82, 2.24) is 14.8 Å². The minimum absolute atomic E-state index is 0.397. The Morgan fingerprint density at radius 3 is 2.68 bits per heavy atom. The van der Waals surface area contributed by atoms with Crippen LogP contribution in [-0.4, -0.2) is 19.9 Å². The molecular weight excluding hydrogens is 242 g/mol. The van der Waals surface area contributed by atoms with Gasteiger partial charge in [-0.2, -0.15) is 5.10 Å². The minimum Gasteiger partial charge on any atom is -0.486 e. The molecule has 0 spiro atoms. The molecule has 5 nitrogen and oxygen atoms in total. The lowest BCUT2D eigenvalue weighted by molar-refractivity contribution is 0.199. The van der Waals surface area contributed by atoms with Crippen LogP contribution in [0.4, 0.5) is 0 Å². The minimum atomic E-state index is -0.457. The van der Waals surface area contributed by atoms with Crippen molar-refractivity contribution in [3.8, 4) is 5.75 Å². The van der Waals surface area contributed by atoms with Crippen LogP contribution in [0.25, 0.3) is 0 Å². The third-order valence-electron chi connectivity index (χ3n) is 2.86. The Morgan fingerprint density at radius 2 is 2.05 bits per heavy atom. The maximum Gasteiger partial charge on any atom is 0.164 e. The van der Waals surface area contributed by atoms with E-state index in [0.29, 0.717) is 6.61 Å². The van der Waals surface area contributed by atoms with Crippen LogP contribution >= 0.6 is 0 Å². The van der Waals surface area contributed by atoms with E-state index >= 15 is 0 Å². The van der Waals surface area contributed by atoms with Crippen LogP contribution < -0.4 is 4.74 Å². The molecular formula is C14H19N3O2. The van der Waals surface area contributed by atoms with Gasteiger partial charge in [-0.1, -0.05) is 19.1 Å². The Bertz CT molecular complexity index is 506. The van der Waals surface area contributed by atoms with Crippen LogP contribution in [0.5, 0.6) is 5.75 Å². The Hall–Kier alpha value is -1.88. The van der Waals surface area contributed by atoms with E-state index < -0.39 is 6.10 Å². The van der Waals surface area contributed by atoms with Gasteiger partial charge in [-0.3, -0.25) is 0 Å². The zero-order chi connectivity index (χ0) is 13.7. The Kier molecular flexibility index (Phi) is 4.52. The molecule has 0 saturated heterocycles. The van der Waals surface area contributed by atoms with Crippen molar-refractivity contribution < 1.29 is 9.84 Å². The zero-order valence-electron chi connectivity index (χ0n) is 11.3. The standard InChI is InChI=1S/C14H19N3O2/c1-3-8-17-14(15-10-16-17)9-19-13-6-4-12(5-7-13)11(2)18/h4-7,10-11,18H,3,8-9H2,1-2H3/t11-/m1/s1. The Balaban J connectivity index is 1.96. The van der Waals surface area contributed by atoms with E-state index in [0.717, 1.165) is 30.1 Å². The average molecular weight is 261 g/mol. The predicted molar refractivity (Wildman–Crippen MR) is 71.7 cm³/mol. The summed E-state index contributed by atoms with van der Waals surface area (Å²) in [5.41, 5.74) is 0.876. The number of aliphatic hydroxyl groups excluding tert-OH is 1. The van der Waals surface area contributed by atoms with Crippen LogP contribution in [0.15, 0.2) is 30.6 Å². The topological polar surface area (TPSA) is 60.2 Å². The highest BCUT2D eigenvalue weighted by molar-refractivity contribution is 5.28. The smallest absolute Gasteiger partial charge is 0.164 e. The van der Waals surface area contributed by atoms with Gasteiger partial charge in [0.05, 0.1) is 6.10 Å². The Labute approximate surface area is 112 Å². The SMILES string of the molecule is CCCn1ncnc1COc1ccc([C@@H](C)O)cc1. The fourth-order valence-electron chi connectivity index (χ4n) is 1.79. The van der Waals surface area contributed by atoms with Gasteiger partial charge in [-0.15, -0.1) is 0 Å². The summed E-state index contributed by atoms with van der Waals surface area (Å²) in [6.07, 6.45) is 2.10. The number of rotatable bonds is 6. The van der Waals surface area contributed by atoms with Crippen molar-refractivity contribution in [2.45, 2.75) is 39.5 Å². The van der Waals surface area contributed by atoms with E-state index in [1.807, 2.05) is 28.9 Å². The first-order valence-electron chi connectivity index (χ1n) is 6.48. The van der Waals surface area contributed by atoms with Gasteiger partial charge in [0.25, 0.3) is 0 Å². The second-order valence-electron chi connectivity index (χ2n) is 4.43. The molecule has 0 aliphatic heterocycles. The number of hydrogen-bond donors (Lipinski definition) is 1. The fourth-order valence-corrected chi connectivity index (χ4v) is 1.79. The molecule has 2 aromatic rings. The highest BCUT2D eigenvalue weighted by Gasteiger charge is 2.05. The van der Waals surface area contributed by atoms with E-state index in [2.05, 4.69) is 17.0 Å². The molecule has 0 bridgehead atoms. The van der Waals surface area contributed by atoms with Crippen LogP contribution in [0.2, 0.25) is 0 Å². The molecule has 0 radical (unpaired) electrons. The first-order valence-corrected chi connectivity index (χ1v) is 6.48.